The Morgan fingerprint density at radius 3 is 2.42 bits per heavy atom. The predicted molar refractivity (Wildman–Crippen MR) is 80.1 cm³/mol. The molecule has 0 amide bonds. The molecule has 1 atom stereocenters. The lowest BCUT2D eigenvalue weighted by Gasteiger charge is -2.06. The number of halogens is 1. The van der Waals surface area contributed by atoms with E-state index in [0.29, 0.717) is 16.3 Å². The van der Waals surface area contributed by atoms with Crippen molar-refractivity contribution in [2.75, 3.05) is 11.5 Å². The number of benzene rings is 1. The Morgan fingerprint density at radius 1 is 1.11 bits per heavy atom. The zero-order valence-corrected chi connectivity index (χ0v) is 12.5. The lowest BCUT2D eigenvalue weighted by molar-refractivity contribution is 0.600. The van der Waals surface area contributed by atoms with Crippen molar-refractivity contribution in [3.05, 3.63) is 24.0 Å². The molecule has 1 unspecified atom stereocenters. The Morgan fingerprint density at radius 2 is 1.74 bits per heavy atom. The maximum atomic E-state index is 13.1. The summed E-state index contributed by atoms with van der Waals surface area (Å²) in [4.78, 5) is 0.436. The van der Waals surface area contributed by atoms with Gasteiger partial charge in [0.25, 0.3) is 0 Å². The second-order valence-electron chi connectivity index (χ2n) is 4.85. The number of hydrogen-bond donors (Lipinski definition) is 1. The van der Waals surface area contributed by atoms with Crippen LogP contribution in [0, 0.1) is 5.82 Å². The molecule has 2 nitrogen and oxygen atoms in total. The summed E-state index contributed by atoms with van der Waals surface area (Å²) in [6.45, 7) is 2.20. The Balaban J connectivity index is 2.26. The summed E-state index contributed by atoms with van der Waals surface area (Å²) in [5.74, 6) is 0.193. The van der Waals surface area contributed by atoms with Crippen molar-refractivity contribution < 1.29 is 8.60 Å². The highest BCUT2D eigenvalue weighted by Gasteiger charge is 2.08. The summed E-state index contributed by atoms with van der Waals surface area (Å²) in [6, 6.07) is 4.06. The van der Waals surface area contributed by atoms with Gasteiger partial charge in [-0.3, -0.25) is 4.21 Å². The molecule has 0 spiro atoms. The average Bonchev–Trinajstić information content (AvgIpc) is 2.40. The van der Waals surface area contributed by atoms with Crippen molar-refractivity contribution in [1.29, 1.82) is 0 Å². The second kappa shape index (κ2) is 9.08. The van der Waals surface area contributed by atoms with Gasteiger partial charge in [0.05, 0.1) is 15.7 Å². The average molecular weight is 285 g/mol. The summed E-state index contributed by atoms with van der Waals surface area (Å²) < 4.78 is 25.1. The number of nitrogens with two attached hydrogens (primary N) is 1. The van der Waals surface area contributed by atoms with E-state index < -0.39 is 10.8 Å². The van der Waals surface area contributed by atoms with E-state index in [-0.39, 0.29) is 5.82 Å². The zero-order chi connectivity index (χ0) is 14.1. The maximum absolute atomic E-state index is 13.1. The van der Waals surface area contributed by atoms with Gasteiger partial charge in [-0.25, -0.2) is 4.39 Å². The molecule has 1 aromatic rings. The van der Waals surface area contributed by atoms with Gasteiger partial charge in [0.15, 0.2) is 0 Å². The van der Waals surface area contributed by atoms with Gasteiger partial charge in [0.2, 0.25) is 0 Å². The molecule has 108 valence electrons. The fraction of sp³-hybridized carbons (Fsp3) is 0.600. The molecule has 0 saturated carbocycles. The molecule has 0 fully saturated rings. The highest BCUT2D eigenvalue weighted by atomic mass is 32.2. The van der Waals surface area contributed by atoms with E-state index in [0.717, 1.165) is 12.8 Å². The van der Waals surface area contributed by atoms with E-state index in [9.17, 15) is 8.60 Å². The van der Waals surface area contributed by atoms with Gasteiger partial charge < -0.3 is 5.73 Å². The van der Waals surface area contributed by atoms with Crippen LogP contribution in [-0.4, -0.2) is 9.96 Å². The minimum Gasteiger partial charge on any atom is -0.398 e. The van der Waals surface area contributed by atoms with E-state index in [1.807, 2.05) is 0 Å². The molecule has 1 aromatic carbocycles. The van der Waals surface area contributed by atoms with Crippen molar-refractivity contribution in [3.8, 4) is 0 Å². The van der Waals surface area contributed by atoms with Gasteiger partial charge >= 0.3 is 0 Å². The largest absolute Gasteiger partial charge is 0.398 e. The van der Waals surface area contributed by atoms with Gasteiger partial charge in [0, 0.05) is 11.4 Å². The smallest absolute Gasteiger partial charge is 0.124 e. The van der Waals surface area contributed by atoms with Crippen LogP contribution in [0.5, 0.6) is 0 Å². The Hall–Kier alpha value is -0.900. The Bertz CT molecular complexity index is 409. The molecule has 19 heavy (non-hydrogen) atoms. The van der Waals surface area contributed by atoms with Crippen LogP contribution in [0.3, 0.4) is 0 Å². The van der Waals surface area contributed by atoms with Crippen LogP contribution in [0.1, 0.15) is 51.9 Å². The molecule has 1 rings (SSSR count). The van der Waals surface area contributed by atoms with Crippen molar-refractivity contribution in [2.45, 2.75) is 56.8 Å². The van der Waals surface area contributed by atoms with Crippen LogP contribution in [0.2, 0.25) is 0 Å². The van der Waals surface area contributed by atoms with Crippen molar-refractivity contribution >= 4 is 16.5 Å². The third kappa shape index (κ3) is 6.19. The molecule has 0 bridgehead atoms. The minimum atomic E-state index is -1.18. The van der Waals surface area contributed by atoms with E-state index in [2.05, 4.69) is 6.92 Å². The first-order chi connectivity index (χ1) is 9.15. The van der Waals surface area contributed by atoms with Crippen LogP contribution in [0.4, 0.5) is 10.1 Å². The minimum absolute atomic E-state index is 0.378. The normalized spacial score (nSPS) is 12.5. The number of nitrogen functional groups attached to an aromatic ring is 1. The van der Waals surface area contributed by atoms with Crippen LogP contribution in [0.15, 0.2) is 23.1 Å². The summed E-state index contributed by atoms with van der Waals surface area (Å²) in [7, 11) is -1.18. The van der Waals surface area contributed by atoms with Gasteiger partial charge in [-0.05, 0) is 24.6 Å². The third-order valence-corrected chi connectivity index (χ3v) is 4.66. The molecular formula is C15H24FNOS. The summed E-state index contributed by atoms with van der Waals surface area (Å²) in [5, 5.41) is 0. The molecule has 0 aliphatic carbocycles. The summed E-state index contributed by atoms with van der Waals surface area (Å²) >= 11 is 0. The lowest BCUT2D eigenvalue weighted by atomic mass is 10.1. The fourth-order valence-corrected chi connectivity index (χ4v) is 3.27. The van der Waals surface area contributed by atoms with Crippen molar-refractivity contribution in [2.24, 2.45) is 0 Å². The molecular weight excluding hydrogens is 261 g/mol. The number of anilines is 1. The molecule has 0 saturated heterocycles. The van der Waals surface area contributed by atoms with Gasteiger partial charge in [-0.2, -0.15) is 0 Å². The quantitative estimate of drug-likeness (QED) is 0.544. The number of unbranched alkanes of at least 4 members (excludes halogenated alkanes) is 6. The van der Waals surface area contributed by atoms with Crippen molar-refractivity contribution in [1.82, 2.24) is 0 Å². The van der Waals surface area contributed by atoms with Gasteiger partial charge in [0.1, 0.15) is 5.82 Å². The van der Waals surface area contributed by atoms with E-state index >= 15 is 0 Å². The summed E-state index contributed by atoms with van der Waals surface area (Å²) in [6.07, 6.45) is 8.28. The molecule has 2 N–H and O–H groups in total. The molecule has 0 aromatic heterocycles. The van der Waals surface area contributed by atoms with Crippen LogP contribution < -0.4 is 5.73 Å². The Labute approximate surface area is 118 Å². The molecule has 0 aliphatic rings. The first-order valence-electron chi connectivity index (χ1n) is 7.08. The lowest BCUT2D eigenvalue weighted by Crippen LogP contribution is -2.03. The predicted octanol–water partition coefficient (Wildman–Crippen LogP) is 4.27. The van der Waals surface area contributed by atoms with Crippen LogP contribution in [0.25, 0.3) is 0 Å². The monoisotopic (exact) mass is 285 g/mol. The van der Waals surface area contributed by atoms with Gasteiger partial charge in [-0.1, -0.05) is 45.4 Å². The fourth-order valence-electron chi connectivity index (χ4n) is 2.01. The second-order valence-corrected chi connectivity index (χ2v) is 6.39. The Kier molecular flexibility index (Phi) is 7.72. The first-order valence-corrected chi connectivity index (χ1v) is 8.40. The van der Waals surface area contributed by atoms with E-state index in [1.165, 1.54) is 50.3 Å². The standard InChI is InChI=1S/C15H24FNOS/c1-2-3-4-5-6-7-8-11-19(18)15-12-13(16)9-10-14(15)17/h9-10,12H,2-8,11,17H2,1H3. The maximum Gasteiger partial charge on any atom is 0.124 e. The topological polar surface area (TPSA) is 43.1 Å². The van der Waals surface area contributed by atoms with E-state index in [1.54, 1.807) is 0 Å². The molecule has 4 heteroatoms. The van der Waals surface area contributed by atoms with Crippen LogP contribution in [-0.2, 0) is 10.8 Å². The molecule has 0 aliphatic heterocycles. The number of rotatable bonds is 9. The van der Waals surface area contributed by atoms with Gasteiger partial charge in [-0.15, -0.1) is 0 Å². The zero-order valence-electron chi connectivity index (χ0n) is 11.7. The first kappa shape index (κ1) is 16.2. The SMILES string of the molecule is CCCCCCCCCS(=O)c1cc(F)ccc1N. The summed E-state index contributed by atoms with van der Waals surface area (Å²) in [5.41, 5.74) is 6.14. The van der Waals surface area contributed by atoms with E-state index in [4.69, 9.17) is 5.73 Å². The highest BCUT2D eigenvalue weighted by Crippen LogP contribution is 2.19. The third-order valence-electron chi connectivity index (χ3n) is 3.15. The van der Waals surface area contributed by atoms with Crippen LogP contribution >= 0.6 is 0 Å². The molecule has 0 heterocycles. The number of hydrogen-bond acceptors (Lipinski definition) is 2. The highest BCUT2D eigenvalue weighted by molar-refractivity contribution is 7.85. The molecule has 0 radical (unpaired) electrons. The van der Waals surface area contributed by atoms with Crippen molar-refractivity contribution in [3.63, 3.8) is 0 Å².